The molecule has 1 N–H and O–H groups in total. The van der Waals surface area contributed by atoms with Gasteiger partial charge in [-0.3, -0.25) is 4.79 Å². The van der Waals surface area contributed by atoms with Gasteiger partial charge in [-0.05, 0) is 0 Å². The monoisotopic (exact) mass is 159 g/mol. The van der Waals surface area contributed by atoms with Gasteiger partial charge in [0.05, 0.1) is 7.11 Å². The zero-order valence-electron chi connectivity index (χ0n) is 6.29. The van der Waals surface area contributed by atoms with Gasteiger partial charge in [0.15, 0.2) is 12.1 Å². The molecule has 2 atom stereocenters. The van der Waals surface area contributed by atoms with Crippen LogP contribution in [-0.4, -0.2) is 38.2 Å². The molecule has 62 valence electrons. The van der Waals surface area contributed by atoms with Crippen LogP contribution in [0.2, 0.25) is 0 Å². The first-order valence-electron chi connectivity index (χ1n) is 3.11. The number of methoxy groups -OCH3 is 2. The maximum Gasteiger partial charge on any atom is 0.331 e. The topological polar surface area (TPSA) is 64.6 Å². The van der Waals surface area contributed by atoms with Crippen molar-refractivity contribution in [3.8, 4) is 0 Å². The first-order valence-corrected chi connectivity index (χ1v) is 3.11. The molecule has 5 nitrogen and oxygen atoms in total. The second-order valence-corrected chi connectivity index (χ2v) is 2.17. The summed E-state index contributed by atoms with van der Waals surface area (Å²) < 4.78 is 9.12. The highest BCUT2D eigenvalue weighted by atomic mass is 16.5. The van der Waals surface area contributed by atoms with E-state index in [-0.39, 0.29) is 5.91 Å². The number of esters is 1. The van der Waals surface area contributed by atoms with Gasteiger partial charge < -0.3 is 14.8 Å². The van der Waals surface area contributed by atoms with Crippen LogP contribution in [0.15, 0.2) is 0 Å². The lowest BCUT2D eigenvalue weighted by atomic mass is 10.0. The summed E-state index contributed by atoms with van der Waals surface area (Å²) in [6.45, 7) is 0. The lowest BCUT2D eigenvalue weighted by molar-refractivity contribution is -0.162. The Hall–Kier alpha value is -1.10. The van der Waals surface area contributed by atoms with Crippen LogP contribution < -0.4 is 5.32 Å². The highest BCUT2D eigenvalue weighted by Crippen LogP contribution is 2.10. The normalized spacial score (nSPS) is 28.7. The predicted molar refractivity (Wildman–Crippen MR) is 34.7 cm³/mol. The molecule has 0 unspecified atom stereocenters. The van der Waals surface area contributed by atoms with E-state index in [0.29, 0.717) is 0 Å². The number of hydrogen-bond donors (Lipinski definition) is 1. The lowest BCUT2D eigenvalue weighted by Gasteiger charge is -2.32. The van der Waals surface area contributed by atoms with Gasteiger partial charge in [-0.25, -0.2) is 4.79 Å². The summed E-state index contributed by atoms with van der Waals surface area (Å²) >= 11 is 0. The van der Waals surface area contributed by atoms with Gasteiger partial charge in [0.25, 0.3) is 5.91 Å². The molecule has 0 spiro atoms. The van der Waals surface area contributed by atoms with Crippen LogP contribution in [0.25, 0.3) is 0 Å². The van der Waals surface area contributed by atoms with Crippen molar-refractivity contribution >= 4 is 11.9 Å². The summed E-state index contributed by atoms with van der Waals surface area (Å²) in [5.41, 5.74) is 0. The molecular formula is C6H9NO4. The SMILES string of the molecule is COC(=O)[C@@H]1NC(=O)[C@@H]1OC. The van der Waals surface area contributed by atoms with Crippen molar-refractivity contribution in [3.05, 3.63) is 0 Å². The Labute approximate surface area is 63.7 Å². The molecule has 1 heterocycles. The number of amides is 1. The van der Waals surface area contributed by atoms with Crippen LogP contribution in [-0.2, 0) is 19.1 Å². The fourth-order valence-electron chi connectivity index (χ4n) is 0.919. The molecule has 1 amide bonds. The molecule has 0 aliphatic carbocycles. The van der Waals surface area contributed by atoms with Crippen LogP contribution in [0, 0.1) is 0 Å². The summed E-state index contributed by atoms with van der Waals surface area (Å²) in [7, 11) is 2.64. The fourth-order valence-corrected chi connectivity index (χ4v) is 0.919. The molecule has 0 saturated carbocycles. The average molecular weight is 159 g/mol. The van der Waals surface area contributed by atoms with Crippen LogP contribution in [0.3, 0.4) is 0 Å². The minimum absolute atomic E-state index is 0.275. The Morgan fingerprint density at radius 3 is 2.55 bits per heavy atom. The number of nitrogens with one attached hydrogen (secondary N) is 1. The molecule has 1 aliphatic rings. The molecule has 5 heteroatoms. The highest BCUT2D eigenvalue weighted by Gasteiger charge is 2.45. The first kappa shape index (κ1) is 8.00. The van der Waals surface area contributed by atoms with Gasteiger partial charge in [0.2, 0.25) is 0 Å². The van der Waals surface area contributed by atoms with Crippen molar-refractivity contribution in [2.24, 2.45) is 0 Å². The van der Waals surface area contributed by atoms with Gasteiger partial charge in [-0.2, -0.15) is 0 Å². The van der Waals surface area contributed by atoms with E-state index in [0.717, 1.165) is 0 Å². The van der Waals surface area contributed by atoms with Gasteiger partial charge in [0, 0.05) is 7.11 Å². The maximum absolute atomic E-state index is 10.8. The van der Waals surface area contributed by atoms with Crippen molar-refractivity contribution < 1.29 is 19.1 Å². The molecular weight excluding hydrogens is 150 g/mol. The largest absolute Gasteiger partial charge is 0.467 e. The number of ether oxygens (including phenoxy) is 2. The smallest absolute Gasteiger partial charge is 0.331 e. The molecule has 0 radical (unpaired) electrons. The van der Waals surface area contributed by atoms with E-state index in [9.17, 15) is 9.59 Å². The lowest BCUT2D eigenvalue weighted by Crippen LogP contribution is -2.66. The fraction of sp³-hybridized carbons (Fsp3) is 0.667. The Bertz CT molecular complexity index is 191. The second-order valence-electron chi connectivity index (χ2n) is 2.17. The van der Waals surface area contributed by atoms with E-state index in [4.69, 9.17) is 4.74 Å². The van der Waals surface area contributed by atoms with Gasteiger partial charge in [0.1, 0.15) is 0 Å². The Morgan fingerprint density at radius 2 is 2.18 bits per heavy atom. The molecule has 11 heavy (non-hydrogen) atoms. The molecule has 1 aliphatic heterocycles. The van der Waals surface area contributed by atoms with Crippen molar-refractivity contribution in [2.45, 2.75) is 12.1 Å². The second kappa shape index (κ2) is 2.87. The molecule has 1 saturated heterocycles. The van der Waals surface area contributed by atoms with Crippen LogP contribution >= 0.6 is 0 Å². The number of carbonyl (C=O) groups excluding carboxylic acids is 2. The zero-order chi connectivity index (χ0) is 8.43. The number of rotatable bonds is 2. The van der Waals surface area contributed by atoms with Crippen LogP contribution in [0.4, 0.5) is 0 Å². The molecule has 0 aromatic rings. The third-order valence-electron chi connectivity index (χ3n) is 1.57. The number of β-lactam (4-membered cyclic amide) rings is 1. The Morgan fingerprint density at radius 1 is 1.55 bits per heavy atom. The maximum atomic E-state index is 10.8. The summed E-state index contributed by atoms with van der Waals surface area (Å²) in [5.74, 6) is -0.751. The first-order chi connectivity index (χ1) is 5.20. The van der Waals surface area contributed by atoms with Crippen molar-refractivity contribution in [1.82, 2.24) is 5.32 Å². The van der Waals surface area contributed by atoms with Crippen molar-refractivity contribution in [1.29, 1.82) is 0 Å². The number of hydrogen-bond acceptors (Lipinski definition) is 4. The van der Waals surface area contributed by atoms with Crippen molar-refractivity contribution in [3.63, 3.8) is 0 Å². The summed E-state index contributed by atoms with van der Waals surface area (Å²) in [5, 5.41) is 2.36. The van der Waals surface area contributed by atoms with Gasteiger partial charge in [-0.1, -0.05) is 0 Å². The standard InChI is InChI=1S/C6H9NO4/c1-10-4-3(6(9)11-2)7-5(4)8/h3-4H,1-2H3,(H,7,8)/t3-,4-/m1/s1. The predicted octanol–water partition coefficient (Wildman–Crippen LogP) is -1.33. The van der Waals surface area contributed by atoms with Crippen LogP contribution in [0.5, 0.6) is 0 Å². The van der Waals surface area contributed by atoms with E-state index in [1.54, 1.807) is 0 Å². The Kier molecular flexibility index (Phi) is 2.09. The van der Waals surface area contributed by atoms with E-state index in [1.807, 2.05) is 0 Å². The van der Waals surface area contributed by atoms with Gasteiger partial charge in [-0.15, -0.1) is 0 Å². The van der Waals surface area contributed by atoms with E-state index in [2.05, 4.69) is 10.1 Å². The molecule has 0 aromatic heterocycles. The third-order valence-corrected chi connectivity index (χ3v) is 1.57. The van der Waals surface area contributed by atoms with E-state index < -0.39 is 18.1 Å². The summed E-state index contributed by atoms with van der Waals surface area (Å²) in [6.07, 6.45) is -0.678. The minimum Gasteiger partial charge on any atom is -0.467 e. The van der Waals surface area contributed by atoms with E-state index >= 15 is 0 Å². The Balaban J connectivity index is 2.51. The number of carbonyl (C=O) groups is 2. The van der Waals surface area contributed by atoms with Gasteiger partial charge >= 0.3 is 5.97 Å². The van der Waals surface area contributed by atoms with Crippen LogP contribution in [0.1, 0.15) is 0 Å². The van der Waals surface area contributed by atoms with Crippen molar-refractivity contribution in [2.75, 3.05) is 14.2 Å². The van der Waals surface area contributed by atoms with E-state index in [1.165, 1.54) is 14.2 Å². The summed E-state index contributed by atoms with van der Waals surface area (Å²) in [4.78, 5) is 21.4. The quantitative estimate of drug-likeness (QED) is 0.400. The third kappa shape index (κ3) is 1.19. The average Bonchev–Trinajstić information content (AvgIpc) is 1.99. The zero-order valence-corrected chi connectivity index (χ0v) is 6.29. The molecule has 0 aromatic carbocycles. The highest BCUT2D eigenvalue weighted by molar-refractivity contribution is 5.99. The summed E-state index contributed by atoms with van der Waals surface area (Å²) in [6, 6.07) is -0.627. The minimum atomic E-state index is -0.678. The molecule has 1 fully saturated rings. The molecule has 0 bridgehead atoms. The molecule has 1 rings (SSSR count).